The molecule has 2 N–H and O–H groups in total. The lowest BCUT2D eigenvalue weighted by Gasteiger charge is -1.86. The number of H-pyrrole nitrogens is 2. The van der Waals surface area contributed by atoms with Crippen molar-refractivity contribution in [1.82, 2.24) is 19.9 Å². The van der Waals surface area contributed by atoms with Gasteiger partial charge in [-0.2, -0.15) is 0 Å². The van der Waals surface area contributed by atoms with Crippen LogP contribution in [0.2, 0.25) is 0 Å². The Hall–Kier alpha value is -3.34. The summed E-state index contributed by atoms with van der Waals surface area (Å²) in [6, 6.07) is 16.4. The van der Waals surface area contributed by atoms with Crippen molar-refractivity contribution in [3.8, 4) is 0 Å². The standard InChI is InChI=1S/C20H14N4.B/c1-2-14-10-16-5-6-18(23-16)12-20-8-7-19(24-20)11-17-4-3-15(22-17)9-13(1)21-14;/h1-12,21-22H;. The van der Waals surface area contributed by atoms with Crippen molar-refractivity contribution in [2.75, 3.05) is 0 Å². The normalized spacial score (nSPS) is 12.2. The molecule has 0 fully saturated rings. The molecule has 0 saturated carbocycles. The number of nitrogens with zero attached hydrogens (tertiary/aromatic N) is 2. The topological polar surface area (TPSA) is 57.4 Å². The van der Waals surface area contributed by atoms with Crippen LogP contribution in [-0.4, -0.2) is 28.3 Å². The molecule has 0 aliphatic carbocycles. The van der Waals surface area contributed by atoms with Crippen LogP contribution < -0.4 is 0 Å². The molecule has 2 aliphatic rings. The van der Waals surface area contributed by atoms with Gasteiger partial charge in [0.05, 0.1) is 22.8 Å². The third-order valence-corrected chi connectivity index (χ3v) is 4.04. The van der Waals surface area contributed by atoms with Crippen LogP contribution >= 0.6 is 0 Å². The first kappa shape index (κ1) is 15.2. The molecule has 0 saturated heterocycles. The monoisotopic (exact) mass is 321 g/mol. The molecule has 3 aromatic heterocycles. The van der Waals surface area contributed by atoms with E-state index in [1.807, 2.05) is 42.5 Å². The molecule has 3 radical (unpaired) electrons. The Bertz CT molecular complexity index is 1080. The fourth-order valence-corrected chi connectivity index (χ4v) is 2.94. The molecule has 25 heavy (non-hydrogen) atoms. The van der Waals surface area contributed by atoms with Gasteiger partial charge >= 0.3 is 0 Å². The molecule has 4 nitrogen and oxygen atoms in total. The van der Waals surface area contributed by atoms with Crippen LogP contribution in [0.5, 0.6) is 0 Å². The highest BCUT2D eigenvalue weighted by Gasteiger charge is 2.02. The molecule has 5 heterocycles. The van der Waals surface area contributed by atoms with Crippen LogP contribution in [0.25, 0.3) is 46.4 Å². The molecule has 0 aromatic carbocycles. The van der Waals surface area contributed by atoms with Gasteiger partial charge in [-0.05, 0) is 72.8 Å². The Morgan fingerprint density at radius 3 is 1.28 bits per heavy atom. The second-order valence-corrected chi connectivity index (χ2v) is 5.91. The van der Waals surface area contributed by atoms with Gasteiger partial charge in [0.15, 0.2) is 0 Å². The number of rotatable bonds is 0. The average Bonchev–Trinajstić information content (AvgIpc) is 3.32. The lowest BCUT2D eigenvalue weighted by atomic mass is 10.3. The van der Waals surface area contributed by atoms with Crippen LogP contribution in [-0.2, 0) is 0 Å². The highest BCUT2D eigenvalue weighted by molar-refractivity contribution is 5.77. The van der Waals surface area contributed by atoms with Crippen molar-refractivity contribution in [2.45, 2.75) is 0 Å². The van der Waals surface area contributed by atoms with Crippen molar-refractivity contribution >= 4 is 54.8 Å². The summed E-state index contributed by atoms with van der Waals surface area (Å²) >= 11 is 0. The largest absolute Gasteiger partial charge is 0.355 e. The van der Waals surface area contributed by atoms with E-state index in [1.54, 1.807) is 0 Å². The molecule has 0 atom stereocenters. The van der Waals surface area contributed by atoms with E-state index in [0.29, 0.717) is 0 Å². The summed E-state index contributed by atoms with van der Waals surface area (Å²) in [5.41, 5.74) is 7.86. The molecule has 5 rings (SSSR count). The molecule has 0 amide bonds. The van der Waals surface area contributed by atoms with E-state index in [4.69, 9.17) is 0 Å². The molecule has 5 heteroatoms. The minimum atomic E-state index is 0. The molecule has 117 valence electrons. The molecule has 0 spiro atoms. The number of hydrogen-bond donors (Lipinski definition) is 2. The summed E-state index contributed by atoms with van der Waals surface area (Å²) in [6.45, 7) is 0. The molecular weight excluding hydrogens is 307 g/mol. The summed E-state index contributed by atoms with van der Waals surface area (Å²) in [4.78, 5) is 16.0. The van der Waals surface area contributed by atoms with E-state index < -0.39 is 0 Å². The molecular formula is C20H14BN4. The number of aromatic amines is 2. The summed E-state index contributed by atoms with van der Waals surface area (Å²) < 4.78 is 0. The van der Waals surface area contributed by atoms with Crippen LogP contribution in [0.3, 0.4) is 0 Å². The zero-order valence-electron chi connectivity index (χ0n) is 13.4. The summed E-state index contributed by atoms with van der Waals surface area (Å²) in [6.07, 6.45) is 8.05. The first-order chi connectivity index (χ1) is 11.8. The van der Waals surface area contributed by atoms with Crippen molar-refractivity contribution in [3.63, 3.8) is 0 Å². The Morgan fingerprint density at radius 2 is 0.840 bits per heavy atom. The fraction of sp³-hybridized carbons (Fsp3) is 0. The van der Waals surface area contributed by atoms with Crippen LogP contribution in [0.4, 0.5) is 0 Å². The number of hydrogen-bond acceptors (Lipinski definition) is 2. The van der Waals surface area contributed by atoms with Crippen LogP contribution in [0.15, 0.2) is 48.5 Å². The maximum absolute atomic E-state index is 4.62. The van der Waals surface area contributed by atoms with Gasteiger partial charge in [0, 0.05) is 30.5 Å². The van der Waals surface area contributed by atoms with E-state index in [1.165, 1.54) is 0 Å². The van der Waals surface area contributed by atoms with Gasteiger partial charge in [0.2, 0.25) is 0 Å². The lowest BCUT2D eigenvalue weighted by Crippen LogP contribution is -1.77. The van der Waals surface area contributed by atoms with Crippen LogP contribution in [0, 0.1) is 0 Å². The third-order valence-electron chi connectivity index (χ3n) is 4.04. The van der Waals surface area contributed by atoms with E-state index >= 15 is 0 Å². The highest BCUT2D eigenvalue weighted by Crippen LogP contribution is 2.17. The van der Waals surface area contributed by atoms with Gasteiger partial charge in [-0.15, -0.1) is 0 Å². The molecule has 2 aliphatic heterocycles. The number of nitrogens with one attached hydrogen (secondary N) is 2. The first-order valence-electron chi connectivity index (χ1n) is 7.85. The Balaban J connectivity index is 0.00000157. The van der Waals surface area contributed by atoms with Crippen molar-refractivity contribution in [3.05, 3.63) is 71.3 Å². The SMILES string of the molecule is C1=Cc2cc3ccc(cc4ccc(cc5nc(cc1n2)C=C5)[nH]4)[nH]3.[B]. The Kier molecular flexibility index (Phi) is 3.62. The van der Waals surface area contributed by atoms with Gasteiger partial charge in [-0.1, -0.05) is 0 Å². The molecule has 3 aromatic rings. The van der Waals surface area contributed by atoms with Gasteiger partial charge in [0.25, 0.3) is 0 Å². The fourth-order valence-electron chi connectivity index (χ4n) is 2.94. The quantitative estimate of drug-likeness (QED) is 0.418. The number of aromatic nitrogens is 4. The van der Waals surface area contributed by atoms with Crippen molar-refractivity contribution in [1.29, 1.82) is 0 Å². The van der Waals surface area contributed by atoms with Gasteiger partial charge < -0.3 is 9.97 Å². The van der Waals surface area contributed by atoms with Gasteiger partial charge in [0.1, 0.15) is 0 Å². The summed E-state index contributed by atoms with van der Waals surface area (Å²) in [5, 5.41) is 0. The van der Waals surface area contributed by atoms with Gasteiger partial charge in [-0.3, -0.25) is 0 Å². The lowest BCUT2D eigenvalue weighted by molar-refractivity contribution is 1.28. The second-order valence-electron chi connectivity index (χ2n) is 5.91. The highest BCUT2D eigenvalue weighted by atomic mass is 14.8. The van der Waals surface area contributed by atoms with Crippen LogP contribution in [0.1, 0.15) is 22.8 Å². The van der Waals surface area contributed by atoms with Gasteiger partial charge in [-0.25, -0.2) is 9.97 Å². The third kappa shape index (κ3) is 3.04. The smallest absolute Gasteiger partial charge is 0.0659 e. The maximum atomic E-state index is 4.62. The van der Waals surface area contributed by atoms with Crippen molar-refractivity contribution in [2.24, 2.45) is 0 Å². The average molecular weight is 321 g/mol. The summed E-state index contributed by atoms with van der Waals surface area (Å²) in [7, 11) is 0. The number of fused-ring (bicyclic) bond motifs is 8. The van der Waals surface area contributed by atoms with E-state index in [0.717, 1.165) is 44.8 Å². The maximum Gasteiger partial charge on any atom is 0.0659 e. The summed E-state index contributed by atoms with van der Waals surface area (Å²) in [5.74, 6) is 0. The van der Waals surface area contributed by atoms with E-state index in [9.17, 15) is 0 Å². The van der Waals surface area contributed by atoms with E-state index in [-0.39, 0.29) is 8.41 Å². The predicted octanol–water partition coefficient (Wildman–Crippen LogP) is 4.27. The van der Waals surface area contributed by atoms with Crippen molar-refractivity contribution < 1.29 is 0 Å². The zero-order chi connectivity index (χ0) is 15.9. The first-order valence-corrected chi connectivity index (χ1v) is 7.85. The predicted molar refractivity (Wildman–Crippen MR) is 105 cm³/mol. The molecule has 0 unspecified atom stereocenters. The second kappa shape index (κ2) is 5.94. The minimum absolute atomic E-state index is 0. The van der Waals surface area contributed by atoms with E-state index in [2.05, 4.69) is 50.3 Å². The zero-order valence-corrected chi connectivity index (χ0v) is 13.4. The molecule has 8 bridgehead atoms. The Morgan fingerprint density at radius 1 is 0.480 bits per heavy atom. The Labute approximate surface area is 146 Å². The minimum Gasteiger partial charge on any atom is -0.355 e.